The molecule has 0 radical (unpaired) electrons. The molecule has 0 aliphatic heterocycles. The van der Waals surface area contributed by atoms with Gasteiger partial charge in [-0.25, -0.2) is 8.78 Å². The van der Waals surface area contributed by atoms with E-state index < -0.39 is 11.6 Å². The molecule has 3 rings (SSSR count). The van der Waals surface area contributed by atoms with Crippen LogP contribution in [-0.2, 0) is 6.54 Å². The van der Waals surface area contributed by atoms with Crippen molar-refractivity contribution in [1.82, 2.24) is 9.88 Å². The van der Waals surface area contributed by atoms with Crippen molar-refractivity contribution in [3.8, 4) is 0 Å². The van der Waals surface area contributed by atoms with Gasteiger partial charge in [-0.2, -0.15) is 0 Å². The first-order chi connectivity index (χ1) is 11.5. The summed E-state index contributed by atoms with van der Waals surface area (Å²) in [6.07, 6.45) is 0.814. The van der Waals surface area contributed by atoms with Crippen LogP contribution in [0.3, 0.4) is 0 Å². The second kappa shape index (κ2) is 6.47. The van der Waals surface area contributed by atoms with Crippen molar-refractivity contribution in [2.75, 3.05) is 6.54 Å². The quantitative estimate of drug-likeness (QED) is 0.767. The van der Waals surface area contributed by atoms with E-state index in [0.29, 0.717) is 34.7 Å². The van der Waals surface area contributed by atoms with Crippen LogP contribution < -0.4 is 5.32 Å². The third kappa shape index (κ3) is 3.04. The number of amides is 1. The number of nitrogens with one attached hydrogen (secondary N) is 1. The molecule has 0 saturated heterocycles. The summed E-state index contributed by atoms with van der Waals surface area (Å²) in [6.45, 7) is 4.43. The van der Waals surface area contributed by atoms with E-state index in [2.05, 4.69) is 5.32 Å². The minimum atomic E-state index is -0.642. The third-order valence-corrected chi connectivity index (χ3v) is 3.82. The molecular weight excluding hydrogens is 314 g/mol. The number of rotatable bonds is 5. The van der Waals surface area contributed by atoms with Gasteiger partial charge in [0.2, 0.25) is 0 Å². The fourth-order valence-electron chi connectivity index (χ4n) is 2.67. The van der Waals surface area contributed by atoms with Crippen LogP contribution >= 0.6 is 0 Å². The van der Waals surface area contributed by atoms with E-state index in [4.69, 9.17) is 4.42 Å². The molecule has 0 atom stereocenters. The fraction of sp³-hybridized carbons (Fsp3) is 0.278. The first kappa shape index (κ1) is 16.2. The number of halogens is 2. The van der Waals surface area contributed by atoms with Crippen LogP contribution in [0.25, 0.3) is 11.1 Å². The van der Waals surface area contributed by atoms with Gasteiger partial charge < -0.3 is 14.3 Å². The summed E-state index contributed by atoms with van der Waals surface area (Å²) in [5.74, 6) is -0.816. The van der Waals surface area contributed by atoms with Crippen molar-refractivity contribution in [2.45, 2.75) is 26.8 Å². The highest BCUT2D eigenvalue weighted by Gasteiger charge is 2.19. The van der Waals surface area contributed by atoms with Crippen LogP contribution in [-0.4, -0.2) is 17.0 Å². The molecule has 0 aliphatic carbocycles. The van der Waals surface area contributed by atoms with E-state index in [0.717, 1.165) is 12.5 Å². The van der Waals surface area contributed by atoms with Gasteiger partial charge in [0.15, 0.2) is 5.58 Å². The molecule has 0 bridgehead atoms. The number of hydrogen-bond acceptors (Lipinski definition) is 2. The number of benzene rings is 1. The molecule has 0 saturated carbocycles. The second-order valence-corrected chi connectivity index (χ2v) is 5.71. The number of nitrogens with zero attached hydrogens (tertiary/aromatic N) is 1. The topological polar surface area (TPSA) is 47.2 Å². The monoisotopic (exact) mass is 332 g/mol. The Morgan fingerprint density at radius 2 is 2.04 bits per heavy atom. The normalized spacial score (nSPS) is 11.2. The van der Waals surface area contributed by atoms with E-state index in [1.54, 1.807) is 23.6 Å². The van der Waals surface area contributed by atoms with Gasteiger partial charge >= 0.3 is 0 Å². The molecule has 0 spiro atoms. The first-order valence-corrected chi connectivity index (χ1v) is 7.81. The molecule has 0 aliphatic rings. The molecule has 126 valence electrons. The van der Waals surface area contributed by atoms with Gasteiger partial charge in [-0.05, 0) is 19.4 Å². The lowest BCUT2D eigenvalue weighted by Gasteiger charge is -2.11. The Balaban J connectivity index is 2.04. The number of furan rings is 1. The number of aromatic nitrogens is 1. The SMILES string of the molecule is CCCNC(=O)c1cc2oc(C)cc2n1Cc1ccc(F)cc1F. The summed E-state index contributed by atoms with van der Waals surface area (Å²) in [6, 6.07) is 6.88. The summed E-state index contributed by atoms with van der Waals surface area (Å²) >= 11 is 0. The Morgan fingerprint density at radius 1 is 1.25 bits per heavy atom. The molecular formula is C18H18F2N2O2. The summed E-state index contributed by atoms with van der Waals surface area (Å²) in [5, 5.41) is 2.81. The molecule has 0 unspecified atom stereocenters. The lowest BCUT2D eigenvalue weighted by Crippen LogP contribution is -2.26. The van der Waals surface area contributed by atoms with Gasteiger partial charge in [0.1, 0.15) is 23.1 Å². The third-order valence-electron chi connectivity index (χ3n) is 3.82. The molecule has 0 fully saturated rings. The Kier molecular flexibility index (Phi) is 4.38. The van der Waals surface area contributed by atoms with Crippen LogP contribution in [0.2, 0.25) is 0 Å². The summed E-state index contributed by atoms with van der Waals surface area (Å²) in [7, 11) is 0. The van der Waals surface area contributed by atoms with Crippen molar-refractivity contribution >= 4 is 17.0 Å². The fourth-order valence-corrected chi connectivity index (χ4v) is 2.67. The molecule has 3 aromatic rings. The summed E-state index contributed by atoms with van der Waals surface area (Å²) < 4.78 is 34.4. The van der Waals surface area contributed by atoms with Gasteiger partial charge in [-0.1, -0.05) is 13.0 Å². The van der Waals surface area contributed by atoms with E-state index >= 15 is 0 Å². The summed E-state index contributed by atoms with van der Waals surface area (Å²) in [5.41, 5.74) is 1.97. The van der Waals surface area contributed by atoms with Crippen LogP contribution in [0.1, 0.15) is 35.2 Å². The molecule has 2 aromatic heterocycles. The van der Waals surface area contributed by atoms with E-state index in [1.165, 1.54) is 12.1 Å². The largest absolute Gasteiger partial charge is 0.460 e. The number of aryl methyl sites for hydroxylation is 1. The molecule has 4 nitrogen and oxygen atoms in total. The lowest BCUT2D eigenvalue weighted by molar-refractivity contribution is 0.0945. The molecule has 24 heavy (non-hydrogen) atoms. The minimum absolute atomic E-state index is 0.115. The average Bonchev–Trinajstić information content (AvgIpc) is 3.04. The first-order valence-electron chi connectivity index (χ1n) is 7.81. The van der Waals surface area contributed by atoms with Crippen LogP contribution in [0.4, 0.5) is 8.78 Å². The summed E-state index contributed by atoms with van der Waals surface area (Å²) in [4.78, 5) is 12.4. The molecule has 1 amide bonds. The van der Waals surface area contributed by atoms with Gasteiger partial charge in [-0.3, -0.25) is 4.79 Å². The molecule has 6 heteroatoms. The smallest absolute Gasteiger partial charge is 0.268 e. The van der Waals surface area contributed by atoms with Crippen LogP contribution in [0.5, 0.6) is 0 Å². The van der Waals surface area contributed by atoms with Crippen molar-refractivity contribution < 1.29 is 18.0 Å². The Bertz CT molecular complexity index is 896. The van der Waals surface area contributed by atoms with Crippen molar-refractivity contribution in [2.24, 2.45) is 0 Å². The Hall–Kier alpha value is -2.63. The van der Waals surface area contributed by atoms with Crippen molar-refractivity contribution in [3.63, 3.8) is 0 Å². The predicted molar refractivity (Wildman–Crippen MR) is 87.0 cm³/mol. The maximum Gasteiger partial charge on any atom is 0.268 e. The minimum Gasteiger partial charge on any atom is -0.460 e. The zero-order valence-corrected chi connectivity index (χ0v) is 13.5. The maximum atomic E-state index is 14.0. The van der Waals surface area contributed by atoms with Crippen LogP contribution in [0.15, 0.2) is 34.7 Å². The number of hydrogen-bond donors (Lipinski definition) is 1. The number of fused-ring (bicyclic) bond motifs is 1. The van der Waals surface area contributed by atoms with E-state index in [1.807, 2.05) is 6.92 Å². The molecule has 1 aromatic carbocycles. The molecule has 2 heterocycles. The standard InChI is InChI=1S/C18H18F2N2O2/c1-3-6-21-18(23)16-9-17-15(7-11(2)24-17)22(16)10-12-4-5-13(19)8-14(12)20/h4-5,7-9H,3,6,10H2,1-2H3,(H,21,23). The van der Waals surface area contributed by atoms with Gasteiger partial charge in [0.25, 0.3) is 5.91 Å². The highest BCUT2D eigenvalue weighted by Crippen LogP contribution is 2.25. The predicted octanol–water partition coefficient (Wildman–Crippen LogP) is 4.01. The van der Waals surface area contributed by atoms with Crippen LogP contribution in [0, 0.1) is 18.6 Å². The molecule has 1 N–H and O–H groups in total. The van der Waals surface area contributed by atoms with E-state index in [9.17, 15) is 13.6 Å². The van der Waals surface area contributed by atoms with Gasteiger partial charge in [-0.15, -0.1) is 0 Å². The zero-order chi connectivity index (χ0) is 17.3. The second-order valence-electron chi connectivity index (χ2n) is 5.71. The zero-order valence-electron chi connectivity index (χ0n) is 13.5. The Labute approximate surface area is 138 Å². The van der Waals surface area contributed by atoms with Gasteiger partial charge in [0, 0.05) is 30.3 Å². The maximum absolute atomic E-state index is 14.0. The van der Waals surface area contributed by atoms with Gasteiger partial charge in [0.05, 0.1) is 12.1 Å². The lowest BCUT2D eigenvalue weighted by atomic mass is 10.2. The van der Waals surface area contributed by atoms with Crippen molar-refractivity contribution in [3.05, 3.63) is 59.0 Å². The van der Waals surface area contributed by atoms with E-state index in [-0.39, 0.29) is 12.5 Å². The number of carbonyl (C=O) groups excluding carboxylic acids is 1. The highest BCUT2D eigenvalue weighted by atomic mass is 19.1. The Morgan fingerprint density at radius 3 is 2.75 bits per heavy atom. The van der Waals surface area contributed by atoms with Crippen molar-refractivity contribution in [1.29, 1.82) is 0 Å². The highest BCUT2D eigenvalue weighted by molar-refractivity contribution is 5.97. The number of carbonyl (C=O) groups is 1. The average molecular weight is 332 g/mol.